The standard InChI is InChI=1S/C17H19NO2S/c1-11(2)12-5-4-6-14(9-12)20-16-10-13(19-3)7-8-15(16)17(18)21/h4-11H,1-3H3,(H2,18,21). The van der Waals surface area contributed by atoms with Gasteiger partial charge in [-0.2, -0.15) is 0 Å². The molecular formula is C17H19NO2S. The van der Waals surface area contributed by atoms with E-state index in [1.807, 2.05) is 30.3 Å². The normalized spacial score (nSPS) is 10.5. The Morgan fingerprint density at radius 3 is 2.48 bits per heavy atom. The fraction of sp³-hybridized carbons (Fsp3) is 0.235. The molecule has 0 atom stereocenters. The zero-order valence-electron chi connectivity index (χ0n) is 12.4. The van der Waals surface area contributed by atoms with E-state index in [0.29, 0.717) is 28.0 Å². The molecule has 0 heterocycles. The third-order valence-corrected chi connectivity index (χ3v) is 3.43. The largest absolute Gasteiger partial charge is 0.497 e. The maximum atomic E-state index is 5.96. The van der Waals surface area contributed by atoms with Gasteiger partial charge >= 0.3 is 0 Å². The highest BCUT2D eigenvalue weighted by Crippen LogP contribution is 2.30. The number of hydrogen-bond acceptors (Lipinski definition) is 3. The highest BCUT2D eigenvalue weighted by molar-refractivity contribution is 7.80. The van der Waals surface area contributed by atoms with Gasteiger partial charge < -0.3 is 15.2 Å². The minimum Gasteiger partial charge on any atom is -0.497 e. The van der Waals surface area contributed by atoms with Crippen molar-refractivity contribution in [3.05, 3.63) is 53.6 Å². The lowest BCUT2D eigenvalue weighted by atomic mass is 10.0. The minimum absolute atomic E-state index is 0.299. The number of ether oxygens (including phenoxy) is 2. The van der Waals surface area contributed by atoms with Gasteiger partial charge in [-0.3, -0.25) is 0 Å². The molecule has 0 amide bonds. The number of hydrogen-bond donors (Lipinski definition) is 1. The van der Waals surface area contributed by atoms with Crippen LogP contribution in [0.3, 0.4) is 0 Å². The van der Waals surface area contributed by atoms with Crippen LogP contribution < -0.4 is 15.2 Å². The highest BCUT2D eigenvalue weighted by Gasteiger charge is 2.10. The van der Waals surface area contributed by atoms with Crippen LogP contribution in [-0.2, 0) is 0 Å². The van der Waals surface area contributed by atoms with E-state index in [1.54, 1.807) is 13.2 Å². The van der Waals surface area contributed by atoms with Crippen LogP contribution in [0.1, 0.15) is 30.9 Å². The zero-order chi connectivity index (χ0) is 15.4. The molecule has 2 aromatic carbocycles. The van der Waals surface area contributed by atoms with Crippen LogP contribution in [0.25, 0.3) is 0 Å². The van der Waals surface area contributed by atoms with Gasteiger partial charge in [0.1, 0.15) is 22.2 Å². The van der Waals surface area contributed by atoms with E-state index in [-0.39, 0.29) is 0 Å². The summed E-state index contributed by atoms with van der Waals surface area (Å²) in [6.45, 7) is 4.29. The number of methoxy groups -OCH3 is 1. The molecule has 0 saturated carbocycles. The second-order valence-electron chi connectivity index (χ2n) is 5.06. The Hall–Kier alpha value is -2.07. The molecule has 2 N–H and O–H groups in total. The molecule has 0 spiro atoms. The number of benzene rings is 2. The fourth-order valence-electron chi connectivity index (χ4n) is 1.98. The maximum Gasteiger partial charge on any atom is 0.141 e. The molecule has 0 aromatic heterocycles. The summed E-state index contributed by atoms with van der Waals surface area (Å²) in [5, 5.41) is 0. The van der Waals surface area contributed by atoms with Crippen molar-refractivity contribution in [3.63, 3.8) is 0 Å². The van der Waals surface area contributed by atoms with Crippen LogP contribution in [0.15, 0.2) is 42.5 Å². The van der Waals surface area contributed by atoms with Crippen molar-refractivity contribution < 1.29 is 9.47 Å². The average molecular weight is 301 g/mol. The Kier molecular flexibility index (Phi) is 4.81. The third kappa shape index (κ3) is 3.73. The molecule has 110 valence electrons. The van der Waals surface area contributed by atoms with Gasteiger partial charge in [-0.1, -0.05) is 38.2 Å². The molecule has 0 radical (unpaired) electrons. The zero-order valence-corrected chi connectivity index (χ0v) is 13.2. The molecule has 0 aliphatic heterocycles. The molecule has 2 rings (SSSR count). The summed E-state index contributed by atoms with van der Waals surface area (Å²) in [6, 6.07) is 13.4. The van der Waals surface area contributed by atoms with Crippen LogP contribution >= 0.6 is 12.2 Å². The van der Waals surface area contributed by atoms with E-state index in [1.165, 1.54) is 5.56 Å². The molecule has 0 fully saturated rings. The van der Waals surface area contributed by atoms with E-state index < -0.39 is 0 Å². The molecular weight excluding hydrogens is 282 g/mol. The van der Waals surface area contributed by atoms with Crippen LogP contribution in [0.2, 0.25) is 0 Å². The Morgan fingerprint density at radius 2 is 1.86 bits per heavy atom. The topological polar surface area (TPSA) is 44.5 Å². The molecule has 2 aromatic rings. The van der Waals surface area contributed by atoms with Gasteiger partial charge in [-0.15, -0.1) is 0 Å². The third-order valence-electron chi connectivity index (χ3n) is 3.21. The van der Waals surface area contributed by atoms with Gasteiger partial charge in [0, 0.05) is 6.07 Å². The predicted octanol–water partition coefficient (Wildman–Crippen LogP) is 4.25. The van der Waals surface area contributed by atoms with Gasteiger partial charge in [-0.25, -0.2) is 0 Å². The molecule has 4 heteroatoms. The molecule has 0 aliphatic rings. The van der Waals surface area contributed by atoms with Crippen molar-refractivity contribution in [1.29, 1.82) is 0 Å². The lowest BCUT2D eigenvalue weighted by Gasteiger charge is -2.13. The number of nitrogens with two attached hydrogens (primary N) is 1. The summed E-state index contributed by atoms with van der Waals surface area (Å²) in [6.07, 6.45) is 0. The average Bonchev–Trinajstić information content (AvgIpc) is 2.47. The van der Waals surface area contributed by atoms with Crippen LogP contribution in [0.4, 0.5) is 0 Å². The van der Waals surface area contributed by atoms with E-state index in [4.69, 9.17) is 27.4 Å². The summed E-state index contributed by atoms with van der Waals surface area (Å²) in [7, 11) is 1.61. The smallest absolute Gasteiger partial charge is 0.141 e. The van der Waals surface area contributed by atoms with Gasteiger partial charge in [-0.05, 0) is 35.7 Å². The first-order chi connectivity index (χ1) is 10.0. The van der Waals surface area contributed by atoms with Gasteiger partial charge in [0.2, 0.25) is 0 Å². The van der Waals surface area contributed by atoms with E-state index in [9.17, 15) is 0 Å². The molecule has 21 heavy (non-hydrogen) atoms. The molecule has 0 aliphatic carbocycles. The summed E-state index contributed by atoms with van der Waals surface area (Å²) < 4.78 is 11.2. The van der Waals surface area contributed by atoms with Crippen molar-refractivity contribution >= 4 is 17.2 Å². The lowest BCUT2D eigenvalue weighted by molar-refractivity contribution is 0.409. The molecule has 0 saturated heterocycles. The Balaban J connectivity index is 2.38. The van der Waals surface area contributed by atoms with Crippen molar-refractivity contribution in [2.75, 3.05) is 7.11 Å². The van der Waals surface area contributed by atoms with Crippen molar-refractivity contribution in [1.82, 2.24) is 0 Å². The van der Waals surface area contributed by atoms with Crippen LogP contribution in [0, 0.1) is 0 Å². The van der Waals surface area contributed by atoms with Gasteiger partial charge in [0.15, 0.2) is 0 Å². The fourth-order valence-corrected chi connectivity index (χ4v) is 2.15. The predicted molar refractivity (Wildman–Crippen MR) is 89.5 cm³/mol. The summed E-state index contributed by atoms with van der Waals surface area (Å²) in [4.78, 5) is 0.299. The van der Waals surface area contributed by atoms with E-state index in [2.05, 4.69) is 19.9 Å². The Morgan fingerprint density at radius 1 is 1.10 bits per heavy atom. The molecule has 0 bridgehead atoms. The first-order valence-electron chi connectivity index (χ1n) is 6.77. The highest BCUT2D eigenvalue weighted by atomic mass is 32.1. The Labute approximate surface area is 130 Å². The minimum atomic E-state index is 0.299. The molecule has 3 nitrogen and oxygen atoms in total. The van der Waals surface area contributed by atoms with Gasteiger partial charge in [0.05, 0.1) is 12.7 Å². The summed E-state index contributed by atoms with van der Waals surface area (Å²) in [5.74, 6) is 2.49. The van der Waals surface area contributed by atoms with Crippen molar-refractivity contribution in [2.24, 2.45) is 5.73 Å². The van der Waals surface area contributed by atoms with Crippen LogP contribution in [0.5, 0.6) is 17.2 Å². The SMILES string of the molecule is COc1ccc(C(N)=S)c(Oc2cccc(C(C)C)c2)c1. The summed E-state index contributed by atoms with van der Waals surface area (Å²) in [5.41, 5.74) is 7.66. The quantitative estimate of drug-likeness (QED) is 0.839. The number of thiocarbonyl (C=S) groups is 1. The van der Waals surface area contributed by atoms with Gasteiger partial charge in [0.25, 0.3) is 0 Å². The monoisotopic (exact) mass is 301 g/mol. The maximum absolute atomic E-state index is 5.96. The molecule has 0 unspecified atom stereocenters. The Bertz CT molecular complexity index is 653. The van der Waals surface area contributed by atoms with Crippen LogP contribution in [-0.4, -0.2) is 12.1 Å². The van der Waals surface area contributed by atoms with E-state index >= 15 is 0 Å². The second-order valence-corrected chi connectivity index (χ2v) is 5.50. The number of rotatable bonds is 5. The van der Waals surface area contributed by atoms with Crippen molar-refractivity contribution in [3.8, 4) is 17.2 Å². The first kappa shape index (κ1) is 15.3. The van der Waals surface area contributed by atoms with E-state index in [0.717, 1.165) is 5.75 Å². The first-order valence-corrected chi connectivity index (χ1v) is 7.17. The summed E-state index contributed by atoms with van der Waals surface area (Å²) >= 11 is 5.07. The second kappa shape index (κ2) is 6.59. The van der Waals surface area contributed by atoms with Crippen molar-refractivity contribution in [2.45, 2.75) is 19.8 Å². The lowest BCUT2D eigenvalue weighted by Crippen LogP contribution is -2.10.